The summed E-state index contributed by atoms with van der Waals surface area (Å²) in [6.07, 6.45) is 4.87. The van der Waals surface area contributed by atoms with E-state index in [1.54, 1.807) is 0 Å². The third-order valence-electron chi connectivity index (χ3n) is 1.57. The second kappa shape index (κ2) is 5.33. The van der Waals surface area contributed by atoms with Gasteiger partial charge in [-0.3, -0.25) is 0 Å². The number of rotatable bonds is 2. The molecule has 0 radical (unpaired) electrons. The minimum Gasteiger partial charge on any atom is -0.508 e. The quantitative estimate of drug-likeness (QED) is 0.569. The molecule has 1 rings (SSSR count). The van der Waals surface area contributed by atoms with E-state index >= 15 is 0 Å². The predicted octanol–water partition coefficient (Wildman–Crippen LogP) is 0.891. The number of hydrogen-bond acceptors (Lipinski definition) is 4. The fourth-order valence-electron chi connectivity index (χ4n) is 0.985. The van der Waals surface area contributed by atoms with Crippen molar-refractivity contribution in [3.8, 4) is 35.7 Å². The maximum absolute atomic E-state index is 11.3. The van der Waals surface area contributed by atoms with Crippen LogP contribution in [-0.2, 0) is 4.74 Å². The van der Waals surface area contributed by atoms with Crippen molar-refractivity contribution in [3.63, 3.8) is 0 Å². The standard InChI is InChI=1S/C12H8O4/c1-2-3-4-5-16-12(15)9-6-10(13)8-11(14)7-9/h1,6-8,13-14H,5H2. The van der Waals surface area contributed by atoms with Gasteiger partial charge in [0.15, 0.2) is 6.61 Å². The maximum Gasteiger partial charge on any atom is 0.339 e. The largest absolute Gasteiger partial charge is 0.508 e. The third kappa shape index (κ3) is 3.28. The van der Waals surface area contributed by atoms with Crippen molar-refractivity contribution < 1.29 is 19.7 Å². The summed E-state index contributed by atoms with van der Waals surface area (Å²) >= 11 is 0. The van der Waals surface area contributed by atoms with Crippen molar-refractivity contribution in [2.45, 2.75) is 0 Å². The lowest BCUT2D eigenvalue weighted by Crippen LogP contribution is -2.05. The van der Waals surface area contributed by atoms with E-state index in [0.29, 0.717) is 0 Å². The molecule has 16 heavy (non-hydrogen) atoms. The molecular formula is C12H8O4. The number of aromatic hydroxyl groups is 2. The summed E-state index contributed by atoms with van der Waals surface area (Å²) in [7, 11) is 0. The van der Waals surface area contributed by atoms with Gasteiger partial charge in [-0.1, -0.05) is 0 Å². The number of hydrogen-bond donors (Lipinski definition) is 2. The number of benzene rings is 1. The smallest absolute Gasteiger partial charge is 0.339 e. The molecule has 0 bridgehead atoms. The molecule has 0 fully saturated rings. The molecular weight excluding hydrogens is 208 g/mol. The number of carbonyl (C=O) groups is 1. The monoisotopic (exact) mass is 216 g/mol. The van der Waals surface area contributed by atoms with Gasteiger partial charge in [-0.25, -0.2) is 4.79 Å². The SMILES string of the molecule is C#CC#CCOC(=O)c1cc(O)cc(O)c1. The van der Waals surface area contributed by atoms with Gasteiger partial charge in [-0.15, -0.1) is 6.42 Å². The molecule has 0 aliphatic heterocycles. The highest BCUT2D eigenvalue weighted by atomic mass is 16.5. The van der Waals surface area contributed by atoms with Crippen LogP contribution in [0.3, 0.4) is 0 Å². The van der Waals surface area contributed by atoms with Crippen molar-refractivity contribution in [1.82, 2.24) is 0 Å². The Hall–Kier alpha value is -2.59. The van der Waals surface area contributed by atoms with Gasteiger partial charge in [0.1, 0.15) is 11.5 Å². The lowest BCUT2D eigenvalue weighted by Gasteiger charge is -2.02. The molecule has 0 heterocycles. The Bertz CT molecular complexity index is 480. The van der Waals surface area contributed by atoms with Crippen LogP contribution >= 0.6 is 0 Å². The fourth-order valence-corrected chi connectivity index (χ4v) is 0.985. The molecule has 0 aromatic heterocycles. The van der Waals surface area contributed by atoms with E-state index in [9.17, 15) is 4.79 Å². The van der Waals surface area contributed by atoms with Crippen molar-refractivity contribution in [2.24, 2.45) is 0 Å². The Morgan fingerprint density at radius 3 is 2.50 bits per heavy atom. The van der Waals surface area contributed by atoms with Crippen LogP contribution in [-0.4, -0.2) is 22.8 Å². The van der Waals surface area contributed by atoms with E-state index in [1.807, 2.05) is 0 Å². The van der Waals surface area contributed by atoms with Crippen molar-refractivity contribution in [1.29, 1.82) is 0 Å². The first kappa shape index (κ1) is 11.5. The molecule has 0 saturated carbocycles. The average molecular weight is 216 g/mol. The van der Waals surface area contributed by atoms with E-state index in [4.69, 9.17) is 21.4 Å². The second-order valence-electron chi connectivity index (χ2n) is 2.76. The molecule has 0 unspecified atom stereocenters. The summed E-state index contributed by atoms with van der Waals surface area (Å²) in [5.41, 5.74) is 0.0417. The number of phenolic OH excluding ortho intramolecular Hbond substituents is 2. The van der Waals surface area contributed by atoms with Gasteiger partial charge in [0.2, 0.25) is 0 Å². The maximum atomic E-state index is 11.3. The van der Waals surface area contributed by atoms with Crippen LogP contribution in [0.15, 0.2) is 18.2 Å². The van der Waals surface area contributed by atoms with Crippen LogP contribution in [0.1, 0.15) is 10.4 Å². The zero-order valence-electron chi connectivity index (χ0n) is 8.23. The Labute approximate surface area is 92.5 Å². The summed E-state index contributed by atoms with van der Waals surface area (Å²) in [5.74, 6) is 5.62. The molecule has 0 spiro atoms. The van der Waals surface area contributed by atoms with E-state index in [0.717, 1.165) is 6.07 Å². The zero-order valence-corrected chi connectivity index (χ0v) is 8.23. The summed E-state index contributed by atoms with van der Waals surface area (Å²) in [5, 5.41) is 18.3. The van der Waals surface area contributed by atoms with Crippen molar-refractivity contribution in [2.75, 3.05) is 6.61 Å². The third-order valence-corrected chi connectivity index (χ3v) is 1.57. The molecule has 80 valence electrons. The number of phenols is 2. The fraction of sp³-hybridized carbons (Fsp3) is 0.0833. The molecule has 0 amide bonds. The van der Waals surface area contributed by atoms with E-state index in [-0.39, 0.29) is 23.7 Å². The van der Waals surface area contributed by atoms with Crippen molar-refractivity contribution >= 4 is 5.97 Å². The van der Waals surface area contributed by atoms with Gasteiger partial charge >= 0.3 is 5.97 Å². The number of terminal acetylenes is 1. The summed E-state index contributed by atoms with van der Waals surface area (Å²) < 4.78 is 4.71. The van der Waals surface area contributed by atoms with Crippen LogP contribution in [0.25, 0.3) is 0 Å². The Morgan fingerprint density at radius 2 is 1.94 bits per heavy atom. The molecule has 1 aromatic carbocycles. The predicted molar refractivity (Wildman–Crippen MR) is 56.7 cm³/mol. The second-order valence-corrected chi connectivity index (χ2v) is 2.76. The highest BCUT2D eigenvalue weighted by Crippen LogP contribution is 2.20. The van der Waals surface area contributed by atoms with Gasteiger partial charge in [0.25, 0.3) is 0 Å². The molecule has 0 aliphatic rings. The van der Waals surface area contributed by atoms with Gasteiger partial charge in [0, 0.05) is 6.07 Å². The lowest BCUT2D eigenvalue weighted by atomic mass is 10.2. The highest BCUT2D eigenvalue weighted by molar-refractivity contribution is 5.90. The number of carbonyl (C=O) groups excluding carboxylic acids is 1. The van der Waals surface area contributed by atoms with Crippen LogP contribution in [0, 0.1) is 24.2 Å². The van der Waals surface area contributed by atoms with Crippen molar-refractivity contribution in [3.05, 3.63) is 23.8 Å². The van der Waals surface area contributed by atoms with Gasteiger partial charge in [-0.2, -0.15) is 0 Å². The molecule has 0 atom stereocenters. The molecule has 2 N–H and O–H groups in total. The molecule has 4 heteroatoms. The minimum absolute atomic E-state index is 0.0417. The first-order valence-electron chi connectivity index (χ1n) is 4.27. The summed E-state index contributed by atoms with van der Waals surface area (Å²) in [4.78, 5) is 11.3. The average Bonchev–Trinajstić information content (AvgIpc) is 2.22. The first-order valence-corrected chi connectivity index (χ1v) is 4.27. The van der Waals surface area contributed by atoms with Crippen LogP contribution in [0.2, 0.25) is 0 Å². The van der Waals surface area contributed by atoms with E-state index < -0.39 is 5.97 Å². The van der Waals surface area contributed by atoms with Crippen LogP contribution in [0.5, 0.6) is 11.5 Å². The van der Waals surface area contributed by atoms with Gasteiger partial charge in [0.05, 0.1) is 5.56 Å². The Balaban J connectivity index is 2.70. The first-order chi connectivity index (χ1) is 7.63. The summed E-state index contributed by atoms with van der Waals surface area (Å²) in [6.45, 7) is -0.139. The van der Waals surface area contributed by atoms with E-state index in [1.165, 1.54) is 12.1 Å². The molecule has 1 aromatic rings. The Kier molecular flexibility index (Phi) is 3.83. The highest BCUT2D eigenvalue weighted by Gasteiger charge is 2.08. The Morgan fingerprint density at radius 1 is 1.31 bits per heavy atom. The van der Waals surface area contributed by atoms with Crippen LogP contribution < -0.4 is 0 Å². The van der Waals surface area contributed by atoms with Gasteiger partial charge < -0.3 is 14.9 Å². The van der Waals surface area contributed by atoms with Gasteiger partial charge in [-0.05, 0) is 29.9 Å². The zero-order chi connectivity index (χ0) is 12.0. The summed E-state index contributed by atoms with van der Waals surface area (Å²) in [6, 6.07) is 3.46. The molecule has 4 nitrogen and oxygen atoms in total. The minimum atomic E-state index is -0.697. The van der Waals surface area contributed by atoms with E-state index in [2.05, 4.69) is 17.8 Å². The number of esters is 1. The topological polar surface area (TPSA) is 66.8 Å². The molecule has 0 aliphatic carbocycles. The molecule has 0 saturated heterocycles. The normalized spacial score (nSPS) is 8.44. The number of ether oxygens (including phenoxy) is 1. The van der Waals surface area contributed by atoms with Crippen LogP contribution in [0.4, 0.5) is 0 Å². The lowest BCUT2D eigenvalue weighted by molar-refractivity contribution is 0.0555.